The van der Waals surface area contributed by atoms with Gasteiger partial charge in [-0.15, -0.1) is 0 Å². The van der Waals surface area contributed by atoms with Gasteiger partial charge < -0.3 is 5.32 Å². The molecule has 1 unspecified atom stereocenters. The van der Waals surface area contributed by atoms with Gasteiger partial charge in [-0.05, 0) is 37.0 Å². The van der Waals surface area contributed by atoms with Gasteiger partial charge >= 0.3 is 0 Å². The van der Waals surface area contributed by atoms with Crippen LogP contribution in [-0.2, 0) is 21.2 Å². The van der Waals surface area contributed by atoms with Gasteiger partial charge in [0.15, 0.2) is 0 Å². The third kappa shape index (κ3) is 5.97. The maximum atomic E-state index is 12.7. The Morgan fingerprint density at radius 2 is 1.62 bits per heavy atom. The van der Waals surface area contributed by atoms with Crippen LogP contribution in [0.5, 0.6) is 0 Å². The molecule has 140 valence electrons. The van der Waals surface area contributed by atoms with Crippen molar-refractivity contribution in [3.63, 3.8) is 0 Å². The molecule has 2 aromatic carbocycles. The topological polar surface area (TPSA) is 75.3 Å². The molecule has 0 aromatic heterocycles. The number of aryl methyl sites for hydroxylation is 1. The van der Waals surface area contributed by atoms with Crippen LogP contribution < -0.4 is 10.0 Å². The number of benzene rings is 2. The molecular formula is C20H26N2O3S. The number of sulfonamides is 1. The standard InChI is InChI=1S/C20H26N2O3S/c1-15(2)14-21-20(23)19(13-17-7-5-4-6-8-17)22-26(24,25)18-11-9-16(3)10-12-18/h4-12,15,19,22H,13-14H2,1-3H3,(H,21,23). The highest BCUT2D eigenvalue weighted by Gasteiger charge is 2.26. The molecule has 0 radical (unpaired) electrons. The lowest BCUT2D eigenvalue weighted by atomic mass is 10.1. The van der Waals surface area contributed by atoms with Gasteiger partial charge in [0.2, 0.25) is 15.9 Å². The third-order valence-corrected chi connectivity index (χ3v) is 5.40. The highest BCUT2D eigenvalue weighted by Crippen LogP contribution is 2.12. The van der Waals surface area contributed by atoms with Gasteiger partial charge in [0.1, 0.15) is 6.04 Å². The molecule has 2 N–H and O–H groups in total. The van der Waals surface area contributed by atoms with Gasteiger partial charge in [0.25, 0.3) is 0 Å². The van der Waals surface area contributed by atoms with Crippen LogP contribution in [0, 0.1) is 12.8 Å². The van der Waals surface area contributed by atoms with E-state index in [9.17, 15) is 13.2 Å². The molecule has 0 aliphatic carbocycles. The summed E-state index contributed by atoms with van der Waals surface area (Å²) in [6.45, 7) is 6.36. The molecule has 1 atom stereocenters. The van der Waals surface area contributed by atoms with Crippen LogP contribution in [0.2, 0.25) is 0 Å². The molecule has 2 rings (SSSR count). The van der Waals surface area contributed by atoms with E-state index in [2.05, 4.69) is 10.0 Å². The normalized spacial score (nSPS) is 12.8. The highest BCUT2D eigenvalue weighted by molar-refractivity contribution is 7.89. The maximum absolute atomic E-state index is 12.7. The van der Waals surface area contributed by atoms with Crippen LogP contribution >= 0.6 is 0 Å². The van der Waals surface area contributed by atoms with E-state index in [0.29, 0.717) is 6.54 Å². The van der Waals surface area contributed by atoms with Crippen molar-refractivity contribution in [1.82, 2.24) is 10.0 Å². The smallest absolute Gasteiger partial charge is 0.241 e. The van der Waals surface area contributed by atoms with Crippen molar-refractivity contribution in [3.05, 3.63) is 65.7 Å². The quantitative estimate of drug-likeness (QED) is 0.746. The van der Waals surface area contributed by atoms with Crippen LogP contribution in [-0.4, -0.2) is 26.9 Å². The molecule has 1 amide bonds. The van der Waals surface area contributed by atoms with Gasteiger partial charge in [-0.1, -0.05) is 61.9 Å². The van der Waals surface area contributed by atoms with E-state index in [4.69, 9.17) is 0 Å². The fourth-order valence-corrected chi connectivity index (χ4v) is 3.63. The van der Waals surface area contributed by atoms with E-state index in [1.807, 2.05) is 51.1 Å². The molecule has 26 heavy (non-hydrogen) atoms. The van der Waals surface area contributed by atoms with Crippen molar-refractivity contribution in [1.29, 1.82) is 0 Å². The lowest BCUT2D eigenvalue weighted by Gasteiger charge is -2.19. The second-order valence-electron chi connectivity index (χ2n) is 6.82. The van der Waals surface area contributed by atoms with Crippen LogP contribution in [0.25, 0.3) is 0 Å². The summed E-state index contributed by atoms with van der Waals surface area (Å²) in [5, 5.41) is 2.82. The van der Waals surface area contributed by atoms with Gasteiger partial charge in [0, 0.05) is 6.54 Å². The molecule has 0 saturated carbocycles. The van der Waals surface area contributed by atoms with E-state index >= 15 is 0 Å². The van der Waals surface area contributed by atoms with Crippen LogP contribution in [0.4, 0.5) is 0 Å². The van der Waals surface area contributed by atoms with E-state index in [0.717, 1.165) is 11.1 Å². The Morgan fingerprint density at radius 1 is 1.00 bits per heavy atom. The first kappa shape index (κ1) is 20.1. The van der Waals surface area contributed by atoms with Gasteiger partial charge in [-0.25, -0.2) is 8.42 Å². The number of rotatable bonds is 8. The third-order valence-electron chi connectivity index (χ3n) is 3.91. The lowest BCUT2D eigenvalue weighted by molar-refractivity contribution is -0.122. The fourth-order valence-electron chi connectivity index (χ4n) is 2.44. The average Bonchev–Trinajstić information content (AvgIpc) is 2.60. The molecule has 0 spiro atoms. The fraction of sp³-hybridized carbons (Fsp3) is 0.350. The molecule has 0 bridgehead atoms. The Hall–Kier alpha value is -2.18. The summed E-state index contributed by atoms with van der Waals surface area (Å²) in [6, 6.07) is 15.1. The molecule has 0 heterocycles. The first-order valence-corrected chi connectivity index (χ1v) is 10.2. The summed E-state index contributed by atoms with van der Waals surface area (Å²) in [7, 11) is -3.79. The molecule has 0 saturated heterocycles. The Labute approximate surface area is 155 Å². The van der Waals surface area contributed by atoms with Gasteiger partial charge in [-0.3, -0.25) is 4.79 Å². The Kier molecular flexibility index (Phi) is 6.94. The van der Waals surface area contributed by atoms with Crippen molar-refractivity contribution in [2.75, 3.05) is 6.54 Å². The zero-order valence-corrected chi connectivity index (χ0v) is 16.2. The first-order valence-electron chi connectivity index (χ1n) is 8.68. The number of nitrogens with one attached hydrogen (secondary N) is 2. The van der Waals surface area contributed by atoms with Crippen LogP contribution in [0.15, 0.2) is 59.5 Å². The molecule has 0 aliphatic rings. The van der Waals surface area contributed by atoms with Crippen LogP contribution in [0.3, 0.4) is 0 Å². The van der Waals surface area contributed by atoms with Crippen molar-refractivity contribution < 1.29 is 13.2 Å². The predicted molar refractivity (Wildman–Crippen MR) is 103 cm³/mol. The number of amides is 1. The zero-order valence-electron chi connectivity index (χ0n) is 15.4. The predicted octanol–water partition coefficient (Wildman–Crippen LogP) is 2.66. The molecule has 0 fully saturated rings. The van der Waals surface area contributed by atoms with Crippen LogP contribution in [0.1, 0.15) is 25.0 Å². The summed E-state index contributed by atoms with van der Waals surface area (Å²) in [6.07, 6.45) is 0.288. The van der Waals surface area contributed by atoms with E-state index in [1.165, 1.54) is 0 Å². The minimum Gasteiger partial charge on any atom is -0.354 e. The minimum absolute atomic E-state index is 0.151. The summed E-state index contributed by atoms with van der Waals surface area (Å²) in [5.74, 6) is -0.0386. The zero-order chi connectivity index (χ0) is 19.2. The average molecular weight is 375 g/mol. The summed E-state index contributed by atoms with van der Waals surface area (Å²) < 4.78 is 28.0. The minimum atomic E-state index is -3.79. The Balaban J connectivity index is 2.21. The molecule has 5 nitrogen and oxygen atoms in total. The number of hydrogen-bond donors (Lipinski definition) is 2. The first-order chi connectivity index (χ1) is 12.3. The molecule has 0 aliphatic heterocycles. The van der Waals surface area contributed by atoms with Gasteiger partial charge in [-0.2, -0.15) is 4.72 Å². The highest BCUT2D eigenvalue weighted by atomic mass is 32.2. The number of hydrogen-bond acceptors (Lipinski definition) is 3. The monoisotopic (exact) mass is 374 g/mol. The maximum Gasteiger partial charge on any atom is 0.241 e. The van der Waals surface area contributed by atoms with Crippen molar-refractivity contribution in [2.45, 2.75) is 38.1 Å². The Morgan fingerprint density at radius 3 is 2.19 bits per heavy atom. The van der Waals surface area contributed by atoms with E-state index < -0.39 is 16.1 Å². The second kappa shape index (κ2) is 8.96. The summed E-state index contributed by atoms with van der Waals surface area (Å²) in [4.78, 5) is 12.7. The summed E-state index contributed by atoms with van der Waals surface area (Å²) in [5.41, 5.74) is 1.86. The lowest BCUT2D eigenvalue weighted by Crippen LogP contribution is -2.48. The molecule has 2 aromatic rings. The SMILES string of the molecule is Cc1ccc(S(=O)(=O)NC(Cc2ccccc2)C(=O)NCC(C)C)cc1. The second-order valence-corrected chi connectivity index (χ2v) is 8.53. The molecule has 6 heteroatoms. The number of carbonyl (C=O) groups is 1. The largest absolute Gasteiger partial charge is 0.354 e. The van der Waals surface area contributed by atoms with Crippen molar-refractivity contribution in [3.8, 4) is 0 Å². The summed E-state index contributed by atoms with van der Waals surface area (Å²) >= 11 is 0. The molecular weight excluding hydrogens is 348 g/mol. The van der Waals surface area contributed by atoms with Gasteiger partial charge in [0.05, 0.1) is 4.90 Å². The number of carbonyl (C=O) groups excluding carboxylic acids is 1. The van der Waals surface area contributed by atoms with Crippen molar-refractivity contribution in [2.24, 2.45) is 5.92 Å². The Bertz CT molecular complexity index is 816. The van der Waals surface area contributed by atoms with Crippen molar-refractivity contribution >= 4 is 15.9 Å². The van der Waals surface area contributed by atoms with E-state index in [1.54, 1.807) is 24.3 Å². The van der Waals surface area contributed by atoms with E-state index in [-0.39, 0.29) is 23.1 Å².